The maximum absolute atomic E-state index is 12.6. The monoisotopic (exact) mass is 342 g/mol. The molecule has 0 radical (unpaired) electrons. The molecule has 1 amide bonds. The van der Waals surface area contributed by atoms with E-state index in [1.807, 2.05) is 30.3 Å². The Labute approximate surface area is 144 Å². The first-order chi connectivity index (χ1) is 12.1. The Balaban J connectivity index is 1.66. The third kappa shape index (κ3) is 4.33. The lowest BCUT2D eigenvalue weighted by Crippen LogP contribution is -2.48. The van der Waals surface area contributed by atoms with Crippen LogP contribution in [0.5, 0.6) is 5.88 Å². The highest BCUT2D eigenvalue weighted by molar-refractivity contribution is 5.94. The number of aliphatic carboxylic acids is 1. The third-order valence-corrected chi connectivity index (χ3v) is 3.84. The van der Waals surface area contributed by atoms with Crippen LogP contribution in [0, 0.1) is 0 Å². The summed E-state index contributed by atoms with van der Waals surface area (Å²) in [5.74, 6) is -0.988. The Morgan fingerprint density at radius 1 is 1.28 bits per heavy atom. The highest BCUT2D eigenvalue weighted by atomic mass is 16.5. The maximum atomic E-state index is 12.6. The van der Waals surface area contributed by atoms with Gasteiger partial charge in [0.25, 0.3) is 5.91 Å². The van der Waals surface area contributed by atoms with Gasteiger partial charge in [-0.05, 0) is 11.6 Å². The third-order valence-electron chi connectivity index (χ3n) is 3.84. The number of hydrogen-bond donors (Lipinski definition) is 1. The van der Waals surface area contributed by atoms with E-state index in [4.69, 9.17) is 14.6 Å². The normalized spacial score (nSPS) is 17.1. The Morgan fingerprint density at radius 2 is 2.08 bits per heavy atom. The first-order valence-electron chi connectivity index (χ1n) is 7.90. The molecule has 1 N–H and O–H groups in total. The highest BCUT2D eigenvalue weighted by Gasteiger charge is 2.29. The standard InChI is InChI=1S/C18H18N2O5/c21-17(20-8-9-24-15(11-20)18(22)23)14-6-7-19-16(10-14)25-12-13-4-2-1-3-5-13/h1-7,10,15H,8-9,11-12H2,(H,22,23). The van der Waals surface area contributed by atoms with Crippen LogP contribution >= 0.6 is 0 Å². The van der Waals surface area contributed by atoms with Crippen LogP contribution in [0.4, 0.5) is 0 Å². The minimum Gasteiger partial charge on any atom is -0.479 e. The van der Waals surface area contributed by atoms with Crippen molar-refractivity contribution in [2.45, 2.75) is 12.7 Å². The number of carboxylic acids is 1. The van der Waals surface area contributed by atoms with Gasteiger partial charge in [-0.25, -0.2) is 9.78 Å². The molecule has 25 heavy (non-hydrogen) atoms. The summed E-state index contributed by atoms with van der Waals surface area (Å²) in [4.78, 5) is 29.2. The van der Waals surface area contributed by atoms with E-state index in [1.54, 1.807) is 12.1 Å². The zero-order valence-electron chi connectivity index (χ0n) is 13.5. The number of carbonyl (C=O) groups is 2. The first kappa shape index (κ1) is 16.9. The molecule has 1 aromatic carbocycles. The fraction of sp³-hybridized carbons (Fsp3) is 0.278. The van der Waals surface area contributed by atoms with Crippen molar-refractivity contribution in [3.05, 3.63) is 59.8 Å². The van der Waals surface area contributed by atoms with Crippen molar-refractivity contribution in [1.29, 1.82) is 0 Å². The molecule has 7 nitrogen and oxygen atoms in total. The smallest absolute Gasteiger partial charge is 0.334 e. The molecule has 1 aliphatic heterocycles. The predicted octanol–water partition coefficient (Wildman–Crippen LogP) is 1.59. The Kier molecular flexibility index (Phi) is 5.25. The van der Waals surface area contributed by atoms with Gasteiger partial charge in [-0.1, -0.05) is 30.3 Å². The Morgan fingerprint density at radius 3 is 2.84 bits per heavy atom. The second kappa shape index (κ2) is 7.76. The van der Waals surface area contributed by atoms with Gasteiger partial charge >= 0.3 is 5.97 Å². The van der Waals surface area contributed by atoms with E-state index in [2.05, 4.69) is 4.98 Å². The van der Waals surface area contributed by atoms with E-state index in [0.717, 1.165) is 5.56 Å². The van der Waals surface area contributed by atoms with Gasteiger partial charge in [-0.15, -0.1) is 0 Å². The van der Waals surface area contributed by atoms with Crippen LogP contribution in [0.2, 0.25) is 0 Å². The molecule has 0 spiro atoms. The Hall–Kier alpha value is -2.93. The number of hydrogen-bond acceptors (Lipinski definition) is 5. The second-order valence-corrected chi connectivity index (χ2v) is 5.61. The van der Waals surface area contributed by atoms with E-state index < -0.39 is 12.1 Å². The molecule has 1 aliphatic rings. The number of amides is 1. The van der Waals surface area contributed by atoms with E-state index in [1.165, 1.54) is 11.1 Å². The predicted molar refractivity (Wildman–Crippen MR) is 88.3 cm³/mol. The number of morpholine rings is 1. The molecule has 0 aliphatic carbocycles. The molecule has 2 heterocycles. The number of ether oxygens (including phenoxy) is 2. The lowest BCUT2D eigenvalue weighted by Gasteiger charge is -2.30. The lowest BCUT2D eigenvalue weighted by molar-refractivity contribution is -0.154. The first-order valence-corrected chi connectivity index (χ1v) is 7.90. The minimum atomic E-state index is -1.07. The molecule has 0 saturated carbocycles. The molecule has 1 fully saturated rings. The van der Waals surface area contributed by atoms with Crippen LogP contribution in [0.1, 0.15) is 15.9 Å². The molecule has 1 saturated heterocycles. The summed E-state index contributed by atoms with van der Waals surface area (Å²) >= 11 is 0. The Bertz CT molecular complexity index is 750. The van der Waals surface area contributed by atoms with Gasteiger partial charge < -0.3 is 19.5 Å². The van der Waals surface area contributed by atoms with Crippen molar-refractivity contribution in [2.75, 3.05) is 19.7 Å². The lowest BCUT2D eigenvalue weighted by atomic mass is 10.2. The molecule has 7 heteroatoms. The quantitative estimate of drug-likeness (QED) is 0.887. The van der Waals surface area contributed by atoms with Crippen molar-refractivity contribution in [1.82, 2.24) is 9.88 Å². The fourth-order valence-electron chi connectivity index (χ4n) is 2.52. The number of pyridine rings is 1. The number of carboxylic acid groups (broad SMARTS) is 1. The number of benzene rings is 1. The summed E-state index contributed by atoms with van der Waals surface area (Å²) in [6.45, 7) is 0.928. The van der Waals surface area contributed by atoms with E-state index in [0.29, 0.717) is 24.6 Å². The zero-order valence-corrected chi connectivity index (χ0v) is 13.5. The van der Waals surface area contributed by atoms with Crippen LogP contribution in [0.15, 0.2) is 48.7 Å². The van der Waals surface area contributed by atoms with E-state index >= 15 is 0 Å². The summed E-state index contributed by atoms with van der Waals surface area (Å²) in [5.41, 5.74) is 1.41. The van der Waals surface area contributed by atoms with Crippen molar-refractivity contribution in [2.24, 2.45) is 0 Å². The maximum Gasteiger partial charge on any atom is 0.334 e. The highest BCUT2D eigenvalue weighted by Crippen LogP contribution is 2.15. The van der Waals surface area contributed by atoms with E-state index in [9.17, 15) is 9.59 Å². The fourth-order valence-corrected chi connectivity index (χ4v) is 2.52. The SMILES string of the molecule is O=C(O)C1CN(C(=O)c2ccnc(OCc3ccccc3)c2)CCO1. The van der Waals surface area contributed by atoms with Crippen LogP contribution in [0.25, 0.3) is 0 Å². The number of nitrogens with zero attached hydrogens (tertiary/aromatic N) is 2. The van der Waals surface area contributed by atoms with E-state index in [-0.39, 0.29) is 19.1 Å². The molecule has 1 atom stereocenters. The van der Waals surface area contributed by atoms with Gasteiger partial charge in [-0.2, -0.15) is 0 Å². The van der Waals surface area contributed by atoms with Crippen LogP contribution in [-0.2, 0) is 16.1 Å². The second-order valence-electron chi connectivity index (χ2n) is 5.61. The van der Waals surface area contributed by atoms with Crippen molar-refractivity contribution >= 4 is 11.9 Å². The van der Waals surface area contributed by atoms with Crippen molar-refractivity contribution in [3.8, 4) is 5.88 Å². The van der Waals surface area contributed by atoms with Crippen LogP contribution < -0.4 is 4.74 Å². The van der Waals surface area contributed by atoms with Crippen LogP contribution in [-0.4, -0.2) is 52.7 Å². The number of aromatic nitrogens is 1. The largest absolute Gasteiger partial charge is 0.479 e. The molecular formula is C18H18N2O5. The average Bonchev–Trinajstić information content (AvgIpc) is 2.67. The van der Waals surface area contributed by atoms with Crippen molar-refractivity contribution in [3.63, 3.8) is 0 Å². The summed E-state index contributed by atoms with van der Waals surface area (Å²) in [5, 5.41) is 9.04. The molecule has 1 unspecified atom stereocenters. The van der Waals surface area contributed by atoms with Crippen molar-refractivity contribution < 1.29 is 24.2 Å². The van der Waals surface area contributed by atoms with Crippen LogP contribution in [0.3, 0.4) is 0 Å². The summed E-state index contributed by atoms with van der Waals surface area (Å²) in [7, 11) is 0. The molecule has 0 bridgehead atoms. The molecule has 3 rings (SSSR count). The molecular weight excluding hydrogens is 324 g/mol. The number of rotatable bonds is 5. The summed E-state index contributed by atoms with van der Waals surface area (Å²) < 4.78 is 10.8. The van der Waals surface area contributed by atoms with Gasteiger partial charge in [0.15, 0.2) is 6.10 Å². The summed E-state index contributed by atoms with van der Waals surface area (Å²) in [6.07, 6.45) is 0.510. The minimum absolute atomic E-state index is 0.0245. The molecule has 1 aromatic heterocycles. The van der Waals surface area contributed by atoms with Gasteiger partial charge in [-0.3, -0.25) is 4.79 Å². The average molecular weight is 342 g/mol. The topological polar surface area (TPSA) is 89.0 Å². The van der Waals surface area contributed by atoms with Gasteiger partial charge in [0.1, 0.15) is 6.61 Å². The number of carbonyl (C=O) groups excluding carboxylic acids is 1. The zero-order chi connectivity index (χ0) is 17.6. The van der Waals surface area contributed by atoms with Gasteiger partial charge in [0.2, 0.25) is 5.88 Å². The van der Waals surface area contributed by atoms with Gasteiger partial charge in [0, 0.05) is 24.4 Å². The molecule has 130 valence electrons. The van der Waals surface area contributed by atoms with Gasteiger partial charge in [0.05, 0.1) is 13.2 Å². The molecule has 2 aromatic rings. The summed E-state index contributed by atoms with van der Waals surface area (Å²) in [6, 6.07) is 12.8.